The number of likely N-dealkylation sites (N-methyl/N-ethyl adjacent to an activating group) is 1. The molecule has 0 N–H and O–H groups in total. The van der Waals surface area contributed by atoms with Crippen LogP contribution in [0.25, 0.3) is 0 Å². The van der Waals surface area contributed by atoms with Crippen LogP contribution in [-0.4, -0.2) is 49.5 Å². The molecule has 0 unspecified atom stereocenters. The highest BCUT2D eigenvalue weighted by Crippen LogP contribution is 2.28. The van der Waals surface area contributed by atoms with Crippen LogP contribution in [0.4, 0.5) is 4.39 Å². The predicted octanol–water partition coefficient (Wildman–Crippen LogP) is 2.96. The first-order valence-corrected chi connectivity index (χ1v) is 7.98. The number of hydrogen-bond acceptors (Lipinski definition) is 3. The highest BCUT2D eigenvalue weighted by molar-refractivity contribution is 5.97. The Bertz CT molecular complexity index is 721. The van der Waals surface area contributed by atoms with Crippen LogP contribution in [0.1, 0.15) is 22.0 Å². The van der Waals surface area contributed by atoms with E-state index in [2.05, 4.69) is 17.0 Å². The van der Waals surface area contributed by atoms with Gasteiger partial charge >= 0.3 is 0 Å². The van der Waals surface area contributed by atoms with E-state index in [0.717, 1.165) is 12.1 Å². The van der Waals surface area contributed by atoms with Crippen LogP contribution in [0.5, 0.6) is 5.75 Å². The smallest absolute Gasteiger partial charge is 0.260 e. The molecule has 1 aliphatic rings. The molecule has 1 aliphatic heterocycles. The number of rotatable bonds is 3. The molecule has 2 aromatic rings. The number of ether oxygens (including phenoxy) is 1. The monoisotopic (exact) mass is 328 g/mol. The Morgan fingerprint density at radius 3 is 2.58 bits per heavy atom. The van der Waals surface area contributed by atoms with Crippen molar-refractivity contribution in [2.24, 2.45) is 0 Å². The van der Waals surface area contributed by atoms with Crippen LogP contribution < -0.4 is 4.74 Å². The summed E-state index contributed by atoms with van der Waals surface area (Å²) in [5.74, 6) is -0.594. The molecule has 0 radical (unpaired) electrons. The van der Waals surface area contributed by atoms with Gasteiger partial charge in [0.25, 0.3) is 5.91 Å². The van der Waals surface area contributed by atoms with E-state index in [0.29, 0.717) is 13.1 Å². The Morgan fingerprint density at radius 1 is 1.12 bits per heavy atom. The summed E-state index contributed by atoms with van der Waals surface area (Å²) in [6.45, 7) is 1.83. The van der Waals surface area contributed by atoms with E-state index in [1.165, 1.54) is 13.2 Å². The van der Waals surface area contributed by atoms with Crippen molar-refractivity contribution in [3.63, 3.8) is 0 Å². The molecule has 0 aliphatic carbocycles. The number of amides is 1. The summed E-state index contributed by atoms with van der Waals surface area (Å²) in [5.41, 5.74) is 1.16. The second-order valence-corrected chi connectivity index (χ2v) is 5.98. The second kappa shape index (κ2) is 7.01. The van der Waals surface area contributed by atoms with Crippen molar-refractivity contribution in [3.8, 4) is 5.75 Å². The van der Waals surface area contributed by atoms with Gasteiger partial charge in [0.05, 0.1) is 13.2 Å². The van der Waals surface area contributed by atoms with Gasteiger partial charge in [-0.2, -0.15) is 0 Å². The number of benzene rings is 2. The number of halogens is 1. The van der Waals surface area contributed by atoms with E-state index < -0.39 is 5.82 Å². The summed E-state index contributed by atoms with van der Waals surface area (Å²) in [4.78, 5) is 16.8. The highest BCUT2D eigenvalue weighted by atomic mass is 19.1. The fraction of sp³-hybridized carbons (Fsp3) is 0.316. The average Bonchev–Trinajstić information content (AvgIpc) is 2.62. The van der Waals surface area contributed by atoms with Gasteiger partial charge in [0.15, 0.2) is 0 Å². The third kappa shape index (κ3) is 3.12. The topological polar surface area (TPSA) is 32.8 Å². The Kier molecular flexibility index (Phi) is 4.81. The summed E-state index contributed by atoms with van der Waals surface area (Å²) >= 11 is 0. The van der Waals surface area contributed by atoms with E-state index in [-0.39, 0.29) is 23.3 Å². The zero-order valence-corrected chi connectivity index (χ0v) is 13.9. The van der Waals surface area contributed by atoms with E-state index in [9.17, 15) is 9.18 Å². The lowest BCUT2D eigenvalue weighted by atomic mass is 10.0. The number of nitrogens with zero attached hydrogens (tertiary/aromatic N) is 2. The van der Waals surface area contributed by atoms with Crippen molar-refractivity contribution >= 4 is 5.91 Å². The number of methoxy groups -OCH3 is 1. The van der Waals surface area contributed by atoms with Gasteiger partial charge in [-0.3, -0.25) is 9.69 Å². The van der Waals surface area contributed by atoms with Crippen LogP contribution in [0, 0.1) is 5.82 Å². The van der Waals surface area contributed by atoms with Crippen LogP contribution >= 0.6 is 0 Å². The first kappa shape index (κ1) is 16.5. The van der Waals surface area contributed by atoms with E-state index in [1.807, 2.05) is 25.2 Å². The molecule has 1 heterocycles. The van der Waals surface area contributed by atoms with E-state index in [4.69, 9.17) is 4.74 Å². The molecule has 0 spiro atoms. The Balaban J connectivity index is 1.86. The van der Waals surface area contributed by atoms with Gasteiger partial charge in [-0.05, 0) is 24.7 Å². The summed E-state index contributed by atoms with van der Waals surface area (Å²) in [5, 5.41) is 0. The molecule has 1 atom stereocenters. The van der Waals surface area contributed by atoms with Crippen molar-refractivity contribution in [2.45, 2.75) is 6.04 Å². The summed E-state index contributed by atoms with van der Waals surface area (Å²) < 4.78 is 19.4. The first-order chi connectivity index (χ1) is 11.6. The molecule has 1 saturated heterocycles. The van der Waals surface area contributed by atoms with Crippen molar-refractivity contribution in [3.05, 3.63) is 65.5 Å². The van der Waals surface area contributed by atoms with Crippen molar-refractivity contribution in [2.75, 3.05) is 33.8 Å². The van der Waals surface area contributed by atoms with E-state index in [1.54, 1.807) is 17.0 Å². The van der Waals surface area contributed by atoms with Crippen LogP contribution in [0.2, 0.25) is 0 Å². The zero-order valence-electron chi connectivity index (χ0n) is 13.9. The van der Waals surface area contributed by atoms with Gasteiger partial charge in [-0.1, -0.05) is 36.4 Å². The molecule has 126 valence electrons. The quantitative estimate of drug-likeness (QED) is 0.868. The van der Waals surface area contributed by atoms with Gasteiger partial charge < -0.3 is 9.64 Å². The number of piperazine rings is 1. The number of carbonyl (C=O) groups excluding carboxylic acids is 1. The zero-order chi connectivity index (χ0) is 17.1. The van der Waals surface area contributed by atoms with Gasteiger partial charge in [-0.25, -0.2) is 4.39 Å². The number of carbonyl (C=O) groups is 1. The molecule has 3 rings (SSSR count). The van der Waals surface area contributed by atoms with Gasteiger partial charge in [0, 0.05) is 19.6 Å². The molecule has 5 heteroatoms. The minimum Gasteiger partial charge on any atom is -0.496 e. The Labute approximate surface area is 141 Å². The summed E-state index contributed by atoms with van der Waals surface area (Å²) in [6, 6.07) is 14.6. The molecule has 2 aromatic carbocycles. The number of hydrogen-bond donors (Lipinski definition) is 0. The fourth-order valence-corrected chi connectivity index (χ4v) is 3.13. The molecule has 0 saturated carbocycles. The lowest BCUT2D eigenvalue weighted by Crippen LogP contribution is -2.49. The minimum absolute atomic E-state index is 0.0105. The first-order valence-electron chi connectivity index (χ1n) is 7.98. The van der Waals surface area contributed by atoms with Gasteiger partial charge in [0.2, 0.25) is 0 Å². The maximum Gasteiger partial charge on any atom is 0.260 e. The molecule has 0 aromatic heterocycles. The third-order valence-electron chi connectivity index (χ3n) is 4.53. The standard InChI is InChI=1S/C19H21FN2O2/c1-21-11-12-22(13-16(21)14-7-4-3-5-8-14)19(23)18-15(20)9-6-10-17(18)24-2/h3-10,16H,11-13H2,1-2H3/t16-/m1/s1. The normalized spacial score (nSPS) is 18.5. The second-order valence-electron chi connectivity index (χ2n) is 5.98. The van der Waals surface area contributed by atoms with Crippen LogP contribution in [0.15, 0.2) is 48.5 Å². The molecule has 4 nitrogen and oxygen atoms in total. The van der Waals surface area contributed by atoms with Crippen LogP contribution in [0.3, 0.4) is 0 Å². The van der Waals surface area contributed by atoms with Crippen LogP contribution in [-0.2, 0) is 0 Å². The molecule has 24 heavy (non-hydrogen) atoms. The average molecular weight is 328 g/mol. The lowest BCUT2D eigenvalue weighted by Gasteiger charge is -2.39. The Hall–Kier alpha value is -2.40. The third-order valence-corrected chi connectivity index (χ3v) is 4.53. The van der Waals surface area contributed by atoms with Gasteiger partial charge in [0.1, 0.15) is 17.1 Å². The van der Waals surface area contributed by atoms with Gasteiger partial charge in [-0.15, -0.1) is 0 Å². The Morgan fingerprint density at radius 2 is 1.88 bits per heavy atom. The maximum atomic E-state index is 14.2. The molecule has 0 bridgehead atoms. The lowest BCUT2D eigenvalue weighted by molar-refractivity contribution is 0.0538. The SMILES string of the molecule is COc1cccc(F)c1C(=O)N1CCN(C)[C@@H](c2ccccc2)C1. The largest absolute Gasteiger partial charge is 0.496 e. The van der Waals surface area contributed by atoms with Crippen molar-refractivity contribution in [1.29, 1.82) is 0 Å². The van der Waals surface area contributed by atoms with Crippen molar-refractivity contribution in [1.82, 2.24) is 9.80 Å². The summed E-state index contributed by atoms with van der Waals surface area (Å²) in [6.07, 6.45) is 0. The molecule has 1 fully saturated rings. The van der Waals surface area contributed by atoms with E-state index >= 15 is 0 Å². The molecule has 1 amide bonds. The molecular weight excluding hydrogens is 307 g/mol. The maximum absolute atomic E-state index is 14.2. The van der Waals surface area contributed by atoms with Crippen molar-refractivity contribution < 1.29 is 13.9 Å². The highest BCUT2D eigenvalue weighted by Gasteiger charge is 2.31. The minimum atomic E-state index is -0.547. The summed E-state index contributed by atoms with van der Waals surface area (Å²) in [7, 11) is 3.49. The predicted molar refractivity (Wildman–Crippen MR) is 90.7 cm³/mol. The molecular formula is C19H21FN2O2. The fourth-order valence-electron chi connectivity index (χ4n) is 3.13.